The number of hydrogen-bond donors (Lipinski definition) is 1. The van der Waals surface area contributed by atoms with Crippen LogP contribution in [0, 0.1) is 13.8 Å². The molecule has 1 aliphatic rings. The van der Waals surface area contributed by atoms with E-state index in [1.165, 1.54) is 10.6 Å². The number of hydrogen-bond acceptors (Lipinski definition) is 3. The fourth-order valence-electron chi connectivity index (χ4n) is 2.10. The SMILES string of the molecule is Cc1ccc(N(CCC(=O)NC2CC2)S(C)(=O)=O)cc1C. The first-order chi connectivity index (χ1) is 9.77. The third-order valence-corrected chi connectivity index (χ3v) is 4.86. The van der Waals surface area contributed by atoms with Crippen LogP contribution in [0.4, 0.5) is 5.69 Å². The van der Waals surface area contributed by atoms with Crippen LogP contribution >= 0.6 is 0 Å². The molecule has 1 aromatic rings. The molecule has 1 amide bonds. The Balaban J connectivity index is 2.10. The second-order valence-corrected chi connectivity index (χ2v) is 7.60. The van der Waals surface area contributed by atoms with Crippen molar-refractivity contribution in [3.05, 3.63) is 29.3 Å². The Bertz CT molecular complexity index is 636. The van der Waals surface area contributed by atoms with Gasteiger partial charge in [-0.25, -0.2) is 8.42 Å². The van der Waals surface area contributed by atoms with Crippen molar-refractivity contribution in [2.45, 2.75) is 39.2 Å². The molecule has 1 saturated carbocycles. The fourth-order valence-corrected chi connectivity index (χ4v) is 3.02. The van der Waals surface area contributed by atoms with Gasteiger partial charge in [0.25, 0.3) is 0 Å². The number of nitrogens with one attached hydrogen (secondary N) is 1. The van der Waals surface area contributed by atoms with Crippen molar-refractivity contribution < 1.29 is 13.2 Å². The van der Waals surface area contributed by atoms with E-state index in [1.807, 2.05) is 26.0 Å². The minimum absolute atomic E-state index is 0.0880. The van der Waals surface area contributed by atoms with E-state index in [9.17, 15) is 13.2 Å². The van der Waals surface area contributed by atoms with E-state index >= 15 is 0 Å². The van der Waals surface area contributed by atoms with Crippen LogP contribution < -0.4 is 9.62 Å². The highest BCUT2D eigenvalue weighted by atomic mass is 32.2. The van der Waals surface area contributed by atoms with Gasteiger partial charge in [-0.15, -0.1) is 0 Å². The van der Waals surface area contributed by atoms with Gasteiger partial charge in [-0.3, -0.25) is 9.10 Å². The number of benzene rings is 1. The summed E-state index contributed by atoms with van der Waals surface area (Å²) in [5.41, 5.74) is 2.75. The summed E-state index contributed by atoms with van der Waals surface area (Å²) in [7, 11) is -3.40. The summed E-state index contributed by atoms with van der Waals surface area (Å²) >= 11 is 0. The zero-order valence-corrected chi connectivity index (χ0v) is 13.5. The van der Waals surface area contributed by atoms with E-state index in [-0.39, 0.29) is 18.9 Å². The van der Waals surface area contributed by atoms with E-state index in [2.05, 4.69) is 5.32 Å². The second-order valence-electron chi connectivity index (χ2n) is 5.70. The van der Waals surface area contributed by atoms with Crippen LogP contribution in [-0.4, -0.2) is 33.2 Å². The van der Waals surface area contributed by atoms with Crippen LogP contribution in [0.25, 0.3) is 0 Å². The molecule has 1 fully saturated rings. The van der Waals surface area contributed by atoms with Gasteiger partial charge in [0.15, 0.2) is 0 Å². The largest absolute Gasteiger partial charge is 0.353 e. The highest BCUT2D eigenvalue weighted by Gasteiger charge is 2.24. The first-order valence-corrected chi connectivity index (χ1v) is 8.96. The van der Waals surface area contributed by atoms with E-state index in [0.717, 1.165) is 24.0 Å². The molecule has 0 aliphatic heterocycles. The maximum atomic E-state index is 12.0. The summed E-state index contributed by atoms with van der Waals surface area (Å²) in [5.74, 6) is -0.0880. The maximum Gasteiger partial charge on any atom is 0.232 e. The van der Waals surface area contributed by atoms with Gasteiger partial charge in [0, 0.05) is 19.0 Å². The Morgan fingerprint density at radius 1 is 1.29 bits per heavy atom. The van der Waals surface area contributed by atoms with Gasteiger partial charge in [0.2, 0.25) is 15.9 Å². The Morgan fingerprint density at radius 3 is 2.48 bits per heavy atom. The summed E-state index contributed by atoms with van der Waals surface area (Å²) in [4.78, 5) is 11.7. The minimum Gasteiger partial charge on any atom is -0.353 e. The molecule has 21 heavy (non-hydrogen) atoms. The van der Waals surface area contributed by atoms with Gasteiger partial charge in [-0.2, -0.15) is 0 Å². The lowest BCUT2D eigenvalue weighted by atomic mass is 10.1. The topological polar surface area (TPSA) is 66.5 Å². The monoisotopic (exact) mass is 310 g/mol. The Kier molecular flexibility index (Phi) is 4.56. The first-order valence-electron chi connectivity index (χ1n) is 7.11. The zero-order valence-electron chi connectivity index (χ0n) is 12.7. The van der Waals surface area contributed by atoms with Crippen molar-refractivity contribution in [1.82, 2.24) is 5.32 Å². The van der Waals surface area contributed by atoms with Crippen LogP contribution in [0.2, 0.25) is 0 Å². The Hall–Kier alpha value is -1.56. The van der Waals surface area contributed by atoms with Crippen LogP contribution in [0.5, 0.6) is 0 Å². The third kappa shape index (κ3) is 4.46. The van der Waals surface area contributed by atoms with Crippen molar-refractivity contribution in [3.63, 3.8) is 0 Å². The predicted molar refractivity (Wildman–Crippen MR) is 83.9 cm³/mol. The minimum atomic E-state index is -3.40. The normalized spacial score (nSPS) is 14.8. The molecule has 0 aromatic heterocycles. The molecule has 0 radical (unpaired) electrons. The molecule has 5 nitrogen and oxygen atoms in total. The molecule has 2 rings (SSSR count). The number of sulfonamides is 1. The lowest BCUT2D eigenvalue weighted by Crippen LogP contribution is -2.35. The quantitative estimate of drug-likeness (QED) is 0.870. The van der Waals surface area contributed by atoms with Crippen molar-refractivity contribution in [2.24, 2.45) is 0 Å². The number of nitrogens with zero attached hydrogens (tertiary/aromatic N) is 1. The summed E-state index contributed by atoms with van der Waals surface area (Å²) in [6.07, 6.45) is 3.40. The molecule has 1 N–H and O–H groups in total. The van der Waals surface area contributed by atoms with Crippen LogP contribution in [0.3, 0.4) is 0 Å². The number of carbonyl (C=O) groups excluding carboxylic acids is 1. The van der Waals surface area contributed by atoms with Gasteiger partial charge >= 0.3 is 0 Å². The molecule has 0 atom stereocenters. The number of rotatable bonds is 6. The van der Waals surface area contributed by atoms with Crippen LogP contribution in [0.1, 0.15) is 30.4 Å². The van der Waals surface area contributed by atoms with Gasteiger partial charge < -0.3 is 5.32 Å². The molecule has 1 aliphatic carbocycles. The molecule has 116 valence electrons. The lowest BCUT2D eigenvalue weighted by Gasteiger charge is -2.23. The van der Waals surface area contributed by atoms with E-state index in [4.69, 9.17) is 0 Å². The van der Waals surface area contributed by atoms with Crippen molar-refractivity contribution >= 4 is 21.6 Å². The average Bonchev–Trinajstić information content (AvgIpc) is 3.16. The fraction of sp³-hybridized carbons (Fsp3) is 0.533. The molecule has 6 heteroatoms. The molecule has 1 aromatic carbocycles. The Morgan fingerprint density at radius 2 is 1.95 bits per heavy atom. The van der Waals surface area contributed by atoms with Crippen molar-refractivity contribution in [3.8, 4) is 0 Å². The van der Waals surface area contributed by atoms with Gasteiger partial charge in [0.05, 0.1) is 11.9 Å². The lowest BCUT2D eigenvalue weighted by molar-refractivity contribution is -0.121. The first kappa shape index (κ1) is 15.8. The molecule has 0 saturated heterocycles. The number of anilines is 1. The zero-order chi connectivity index (χ0) is 15.6. The molecular formula is C15H22N2O3S. The predicted octanol–water partition coefficient (Wildman–Crippen LogP) is 1.74. The van der Waals surface area contributed by atoms with Crippen LogP contribution in [0.15, 0.2) is 18.2 Å². The number of aryl methyl sites for hydroxylation is 2. The number of amides is 1. The summed E-state index contributed by atoms with van der Waals surface area (Å²) in [6.45, 7) is 4.09. The summed E-state index contributed by atoms with van der Waals surface area (Å²) < 4.78 is 25.2. The van der Waals surface area contributed by atoms with Crippen molar-refractivity contribution in [1.29, 1.82) is 0 Å². The standard InChI is InChI=1S/C15H22N2O3S/c1-11-4-7-14(10-12(11)2)17(21(3,19)20)9-8-15(18)16-13-5-6-13/h4,7,10,13H,5-6,8-9H2,1-3H3,(H,16,18). The maximum absolute atomic E-state index is 12.0. The van der Waals surface area contributed by atoms with Gasteiger partial charge in [-0.1, -0.05) is 6.07 Å². The average molecular weight is 310 g/mol. The molecular weight excluding hydrogens is 288 g/mol. The van der Waals surface area contributed by atoms with Crippen molar-refractivity contribution in [2.75, 3.05) is 17.1 Å². The molecule has 0 heterocycles. The number of carbonyl (C=O) groups is 1. The van der Waals surface area contributed by atoms with Gasteiger partial charge in [0.1, 0.15) is 0 Å². The van der Waals surface area contributed by atoms with E-state index < -0.39 is 10.0 Å². The van der Waals surface area contributed by atoms with E-state index in [0.29, 0.717) is 11.7 Å². The van der Waals surface area contributed by atoms with Crippen LogP contribution in [-0.2, 0) is 14.8 Å². The molecule has 0 unspecified atom stereocenters. The molecule has 0 spiro atoms. The highest BCUT2D eigenvalue weighted by molar-refractivity contribution is 7.92. The van der Waals surface area contributed by atoms with E-state index in [1.54, 1.807) is 6.07 Å². The second kappa shape index (κ2) is 6.05. The molecule has 0 bridgehead atoms. The highest BCUT2D eigenvalue weighted by Crippen LogP contribution is 2.22. The summed E-state index contributed by atoms with van der Waals surface area (Å²) in [5, 5.41) is 2.87. The third-order valence-electron chi connectivity index (χ3n) is 3.66. The summed E-state index contributed by atoms with van der Waals surface area (Å²) in [6, 6.07) is 5.82. The smallest absolute Gasteiger partial charge is 0.232 e. The van der Waals surface area contributed by atoms with Gasteiger partial charge in [-0.05, 0) is 49.9 Å². The Labute approximate surface area is 126 Å².